The number of nitrogens with zero attached hydrogens (tertiary/aromatic N) is 4. The highest BCUT2D eigenvalue weighted by Gasteiger charge is 2.37. The van der Waals surface area contributed by atoms with Gasteiger partial charge >= 0.3 is 11.8 Å². The first kappa shape index (κ1) is 25.1. The maximum Gasteiger partial charge on any atom is 0.382 e. The largest absolute Gasteiger partial charge is 0.479 e. The fourth-order valence-corrected chi connectivity index (χ4v) is 3.74. The van der Waals surface area contributed by atoms with E-state index in [0.717, 1.165) is 18.0 Å². The topological polar surface area (TPSA) is 151 Å². The van der Waals surface area contributed by atoms with Crippen molar-refractivity contribution in [3.8, 4) is 5.88 Å². The van der Waals surface area contributed by atoms with Crippen molar-refractivity contribution < 1.29 is 28.2 Å². The Morgan fingerprint density at radius 2 is 1.79 bits per heavy atom. The molecule has 0 bridgehead atoms. The number of benzene rings is 1. The standard InChI is InChI=1S/C21H24FN6O5P/c1-32-17-14(26-28(20(24)25-17)16(23)15(29)19(31)33-2)18(30)27-9-7-21(22,8-10-27)11-12-3-5-13(34)6-4-12/h3-6,23-24H,7-11,34H2,1-2H3. The first-order valence-corrected chi connectivity index (χ1v) is 10.8. The van der Waals surface area contributed by atoms with Gasteiger partial charge < -0.3 is 14.4 Å². The molecule has 1 fully saturated rings. The maximum absolute atomic E-state index is 15.4. The highest BCUT2D eigenvalue weighted by Crippen LogP contribution is 2.31. The SMILES string of the molecule is COC(=O)C(=O)C(=N)n1nc(C(=O)N2CCC(F)(Cc3ccc(P)cc3)CC2)c(OC)nc1=N. The van der Waals surface area contributed by atoms with Crippen molar-refractivity contribution in [2.24, 2.45) is 0 Å². The number of carbonyl (C=O) groups excluding carboxylic acids is 3. The second kappa shape index (κ2) is 10.2. The number of ketones is 1. The van der Waals surface area contributed by atoms with Gasteiger partial charge in [-0.3, -0.25) is 20.4 Å². The van der Waals surface area contributed by atoms with E-state index < -0.39 is 34.8 Å². The lowest BCUT2D eigenvalue weighted by Gasteiger charge is -2.36. The molecule has 180 valence electrons. The van der Waals surface area contributed by atoms with Gasteiger partial charge in [0.25, 0.3) is 11.8 Å². The van der Waals surface area contributed by atoms with Gasteiger partial charge in [-0.25, -0.2) is 9.18 Å². The molecule has 1 aliphatic rings. The van der Waals surface area contributed by atoms with Crippen LogP contribution in [0.2, 0.25) is 0 Å². The van der Waals surface area contributed by atoms with E-state index in [4.69, 9.17) is 15.6 Å². The minimum absolute atomic E-state index is 0.100. The average molecular weight is 490 g/mol. The van der Waals surface area contributed by atoms with Crippen molar-refractivity contribution in [1.82, 2.24) is 19.7 Å². The number of halogens is 1. The zero-order chi connectivity index (χ0) is 25.0. The maximum atomic E-state index is 15.4. The van der Waals surface area contributed by atoms with Crippen LogP contribution in [0.15, 0.2) is 24.3 Å². The summed E-state index contributed by atoms with van der Waals surface area (Å²) >= 11 is 0. The number of rotatable bonds is 6. The summed E-state index contributed by atoms with van der Waals surface area (Å²) in [7, 11) is 4.76. The molecule has 0 aliphatic carbocycles. The van der Waals surface area contributed by atoms with Gasteiger partial charge in [0, 0.05) is 19.5 Å². The summed E-state index contributed by atoms with van der Waals surface area (Å²) in [6, 6.07) is 7.52. The first-order chi connectivity index (χ1) is 16.1. The number of aromatic nitrogens is 3. The molecule has 13 heteroatoms. The number of methoxy groups -OCH3 is 2. The Morgan fingerprint density at radius 1 is 1.18 bits per heavy atom. The van der Waals surface area contributed by atoms with Crippen LogP contribution in [-0.4, -0.2) is 76.1 Å². The molecule has 1 aliphatic heterocycles. The van der Waals surface area contributed by atoms with Crippen LogP contribution in [0.4, 0.5) is 4.39 Å². The number of esters is 1. The third-order valence-electron chi connectivity index (χ3n) is 5.45. The summed E-state index contributed by atoms with van der Waals surface area (Å²) in [4.78, 5) is 41.7. The van der Waals surface area contributed by atoms with E-state index in [2.05, 4.69) is 24.1 Å². The summed E-state index contributed by atoms with van der Waals surface area (Å²) in [5.41, 5.74) is -1.69. The predicted octanol–water partition coefficient (Wildman–Crippen LogP) is 0.0210. The molecule has 2 N–H and O–H groups in total. The van der Waals surface area contributed by atoms with Gasteiger partial charge in [0.2, 0.25) is 17.1 Å². The molecule has 1 aromatic heterocycles. The van der Waals surface area contributed by atoms with Crippen LogP contribution >= 0.6 is 9.24 Å². The smallest absolute Gasteiger partial charge is 0.382 e. The molecule has 34 heavy (non-hydrogen) atoms. The van der Waals surface area contributed by atoms with Crippen LogP contribution in [0.5, 0.6) is 5.88 Å². The van der Waals surface area contributed by atoms with Crippen molar-refractivity contribution in [2.45, 2.75) is 24.9 Å². The van der Waals surface area contributed by atoms with Crippen LogP contribution in [0.1, 0.15) is 28.9 Å². The van der Waals surface area contributed by atoms with Gasteiger partial charge in [-0.05, 0) is 23.7 Å². The Morgan fingerprint density at radius 3 is 2.35 bits per heavy atom. The molecule has 2 aromatic rings. The quantitative estimate of drug-likeness (QED) is 0.190. The third-order valence-corrected chi connectivity index (χ3v) is 5.84. The number of Topliss-reactive ketones (excluding diaryl/α,β-unsaturated/α-hetero) is 1. The van der Waals surface area contributed by atoms with Crippen molar-refractivity contribution in [2.75, 3.05) is 27.3 Å². The van der Waals surface area contributed by atoms with Gasteiger partial charge in [-0.2, -0.15) is 14.8 Å². The van der Waals surface area contributed by atoms with Crippen LogP contribution in [0.25, 0.3) is 0 Å². The van der Waals surface area contributed by atoms with Gasteiger partial charge in [-0.15, -0.1) is 9.24 Å². The molecule has 2 heterocycles. The molecule has 1 aromatic carbocycles. The lowest BCUT2D eigenvalue weighted by atomic mass is 9.87. The zero-order valence-corrected chi connectivity index (χ0v) is 19.8. The number of carbonyl (C=O) groups is 3. The zero-order valence-electron chi connectivity index (χ0n) is 18.6. The highest BCUT2D eigenvalue weighted by atomic mass is 31.0. The van der Waals surface area contributed by atoms with Crippen LogP contribution in [-0.2, 0) is 20.7 Å². The average Bonchev–Trinajstić information content (AvgIpc) is 2.83. The van der Waals surface area contributed by atoms with E-state index >= 15 is 4.39 Å². The molecule has 3 rings (SSSR count). The fourth-order valence-electron chi connectivity index (χ4n) is 3.54. The molecule has 0 saturated carbocycles. The molecular formula is C21H24FN6O5P. The summed E-state index contributed by atoms with van der Waals surface area (Å²) < 4.78 is 25.2. The normalized spacial score (nSPS) is 14.9. The number of alkyl halides is 1. The summed E-state index contributed by atoms with van der Waals surface area (Å²) in [5.74, 6) is -4.66. The van der Waals surface area contributed by atoms with E-state index in [-0.39, 0.29) is 43.9 Å². The van der Waals surface area contributed by atoms with Gasteiger partial charge in [0.1, 0.15) is 5.67 Å². The van der Waals surface area contributed by atoms with Crippen LogP contribution in [0.3, 0.4) is 0 Å². The molecule has 1 atom stereocenters. The fraction of sp³-hybridized carbons (Fsp3) is 0.381. The first-order valence-electron chi connectivity index (χ1n) is 10.2. The predicted molar refractivity (Wildman–Crippen MR) is 121 cm³/mol. The highest BCUT2D eigenvalue weighted by molar-refractivity contribution is 7.27. The third kappa shape index (κ3) is 5.33. The van der Waals surface area contributed by atoms with Crippen LogP contribution in [0, 0.1) is 10.8 Å². The Balaban J connectivity index is 1.79. The van der Waals surface area contributed by atoms with E-state index in [0.29, 0.717) is 4.68 Å². The second-order valence-corrected chi connectivity index (χ2v) is 8.40. The van der Waals surface area contributed by atoms with Crippen molar-refractivity contribution in [1.29, 1.82) is 10.8 Å². The summed E-state index contributed by atoms with van der Waals surface area (Å²) in [6.07, 6.45) is 0.429. The Kier molecular flexibility index (Phi) is 7.51. The molecule has 1 amide bonds. The summed E-state index contributed by atoms with van der Waals surface area (Å²) in [6.45, 7) is 0.200. The van der Waals surface area contributed by atoms with Crippen molar-refractivity contribution >= 4 is 38.0 Å². The lowest BCUT2D eigenvalue weighted by Crippen LogP contribution is -2.47. The van der Waals surface area contributed by atoms with Gasteiger partial charge in [0.15, 0.2) is 0 Å². The number of likely N-dealkylation sites (tertiary alicyclic amines) is 1. The molecule has 0 radical (unpaired) electrons. The minimum atomic E-state index is -1.48. The van der Waals surface area contributed by atoms with Crippen molar-refractivity contribution in [3.63, 3.8) is 0 Å². The Labute approximate surface area is 196 Å². The number of nitrogens with one attached hydrogen (secondary N) is 2. The number of piperidine rings is 1. The van der Waals surface area contributed by atoms with E-state index in [1.807, 2.05) is 24.3 Å². The number of amides is 1. The van der Waals surface area contributed by atoms with Crippen LogP contribution < -0.4 is 15.7 Å². The molecule has 1 saturated heterocycles. The number of hydrogen-bond donors (Lipinski definition) is 2. The number of ether oxygens (including phenoxy) is 2. The summed E-state index contributed by atoms with van der Waals surface area (Å²) in [5, 5.41) is 20.6. The molecule has 0 spiro atoms. The monoisotopic (exact) mass is 490 g/mol. The van der Waals surface area contributed by atoms with E-state index in [1.54, 1.807) is 0 Å². The second-order valence-electron chi connectivity index (χ2n) is 7.74. The lowest BCUT2D eigenvalue weighted by molar-refractivity contribution is -0.148. The number of hydrogen-bond acceptors (Lipinski definition) is 9. The minimum Gasteiger partial charge on any atom is -0.479 e. The van der Waals surface area contributed by atoms with E-state index in [1.165, 1.54) is 12.0 Å². The molecular weight excluding hydrogens is 466 g/mol. The van der Waals surface area contributed by atoms with Gasteiger partial charge in [-0.1, -0.05) is 24.3 Å². The molecule has 11 nitrogen and oxygen atoms in total. The van der Waals surface area contributed by atoms with Gasteiger partial charge in [0.05, 0.1) is 14.2 Å². The Hall–Kier alpha value is -3.53. The van der Waals surface area contributed by atoms with E-state index in [9.17, 15) is 14.4 Å². The molecule has 1 unspecified atom stereocenters. The Bertz CT molecular complexity index is 1190. The van der Waals surface area contributed by atoms with Crippen molar-refractivity contribution in [3.05, 3.63) is 41.1 Å².